The molecule has 1 saturated heterocycles. The van der Waals surface area contributed by atoms with Crippen LogP contribution in [0.3, 0.4) is 0 Å². The van der Waals surface area contributed by atoms with Crippen molar-refractivity contribution < 1.29 is 9.21 Å². The minimum absolute atomic E-state index is 0.164. The van der Waals surface area contributed by atoms with Crippen molar-refractivity contribution in [1.29, 1.82) is 0 Å². The van der Waals surface area contributed by atoms with Gasteiger partial charge in [-0.1, -0.05) is 11.6 Å². The normalized spacial score (nSPS) is 14.6. The maximum absolute atomic E-state index is 13.3. The van der Waals surface area contributed by atoms with E-state index in [2.05, 4.69) is 34.3 Å². The van der Waals surface area contributed by atoms with Crippen molar-refractivity contribution >= 4 is 28.2 Å². The number of likely N-dealkylation sites (N-methyl/N-ethyl adjacent to an activating group) is 1. The van der Waals surface area contributed by atoms with Crippen LogP contribution in [-0.2, 0) is 0 Å². The number of aryl methyl sites for hydroxylation is 1. The Hall–Kier alpha value is -3.64. The molecule has 5 rings (SSSR count). The van der Waals surface area contributed by atoms with Gasteiger partial charge in [0.15, 0.2) is 5.76 Å². The zero-order valence-electron chi connectivity index (χ0n) is 18.3. The largest absolute Gasteiger partial charge is 0.463 e. The summed E-state index contributed by atoms with van der Waals surface area (Å²) in [5, 5.41) is 3.88. The molecule has 1 N–H and O–H groups in total. The van der Waals surface area contributed by atoms with E-state index in [0.29, 0.717) is 17.0 Å². The lowest BCUT2D eigenvalue weighted by molar-refractivity contribution is 0.102. The molecule has 32 heavy (non-hydrogen) atoms. The highest BCUT2D eigenvalue weighted by Crippen LogP contribution is 2.27. The number of carbonyl (C=O) groups excluding carboxylic acids is 1. The van der Waals surface area contributed by atoms with Crippen LogP contribution in [0.1, 0.15) is 15.9 Å². The smallest absolute Gasteiger partial charge is 0.256 e. The van der Waals surface area contributed by atoms with Gasteiger partial charge in [0.25, 0.3) is 5.91 Å². The first-order valence-corrected chi connectivity index (χ1v) is 10.9. The number of nitrogens with zero attached hydrogens (tertiary/aromatic N) is 3. The maximum Gasteiger partial charge on any atom is 0.256 e. The molecule has 0 radical (unpaired) electrons. The van der Waals surface area contributed by atoms with Crippen LogP contribution in [0.4, 0.5) is 11.4 Å². The minimum atomic E-state index is -0.164. The molecule has 0 bridgehead atoms. The quantitative estimate of drug-likeness (QED) is 0.508. The minimum Gasteiger partial charge on any atom is -0.463 e. The number of hydrogen-bond donors (Lipinski definition) is 1. The van der Waals surface area contributed by atoms with Gasteiger partial charge in [0.1, 0.15) is 5.69 Å². The van der Waals surface area contributed by atoms with Crippen LogP contribution in [0.15, 0.2) is 71.3 Å². The molecule has 162 valence electrons. The topological polar surface area (TPSA) is 61.6 Å². The number of pyridine rings is 1. The number of rotatable bonds is 4. The molecular formula is C26H26N4O2. The summed E-state index contributed by atoms with van der Waals surface area (Å²) in [5.74, 6) is 0.473. The molecule has 0 aliphatic carbocycles. The predicted molar refractivity (Wildman–Crippen MR) is 128 cm³/mol. The second kappa shape index (κ2) is 8.48. The fourth-order valence-corrected chi connectivity index (χ4v) is 4.10. The van der Waals surface area contributed by atoms with Gasteiger partial charge in [0.05, 0.1) is 17.3 Å². The van der Waals surface area contributed by atoms with Crippen molar-refractivity contribution in [3.8, 4) is 11.5 Å². The number of fused-ring (bicyclic) bond motifs is 1. The summed E-state index contributed by atoms with van der Waals surface area (Å²) >= 11 is 0. The number of anilines is 2. The Morgan fingerprint density at radius 2 is 1.78 bits per heavy atom. The summed E-state index contributed by atoms with van der Waals surface area (Å²) in [6.45, 7) is 6.16. The Morgan fingerprint density at radius 1 is 1.00 bits per heavy atom. The van der Waals surface area contributed by atoms with Crippen molar-refractivity contribution in [3.05, 3.63) is 78.1 Å². The summed E-state index contributed by atoms with van der Waals surface area (Å²) in [7, 11) is 2.15. The molecule has 2 aromatic carbocycles. The van der Waals surface area contributed by atoms with Crippen LogP contribution in [0.2, 0.25) is 0 Å². The first kappa shape index (κ1) is 20.3. The van der Waals surface area contributed by atoms with Gasteiger partial charge in [-0.2, -0.15) is 0 Å². The van der Waals surface area contributed by atoms with E-state index < -0.39 is 0 Å². The van der Waals surface area contributed by atoms with Gasteiger partial charge >= 0.3 is 0 Å². The molecule has 0 saturated carbocycles. The third-order valence-electron chi connectivity index (χ3n) is 5.98. The first-order chi connectivity index (χ1) is 15.6. The summed E-state index contributed by atoms with van der Waals surface area (Å²) in [6.07, 6.45) is 1.61. The second-order valence-corrected chi connectivity index (χ2v) is 8.34. The van der Waals surface area contributed by atoms with Crippen LogP contribution in [0.25, 0.3) is 22.4 Å². The Kier molecular flexibility index (Phi) is 5.37. The monoisotopic (exact) mass is 426 g/mol. The lowest BCUT2D eigenvalue weighted by Gasteiger charge is -2.34. The third-order valence-corrected chi connectivity index (χ3v) is 5.98. The summed E-state index contributed by atoms with van der Waals surface area (Å²) in [5.41, 5.74) is 5.01. The molecule has 1 aliphatic heterocycles. The highest BCUT2D eigenvalue weighted by atomic mass is 16.3. The second-order valence-electron chi connectivity index (χ2n) is 8.34. The van der Waals surface area contributed by atoms with Crippen LogP contribution in [-0.4, -0.2) is 49.0 Å². The van der Waals surface area contributed by atoms with Crippen LogP contribution < -0.4 is 10.2 Å². The molecule has 1 fully saturated rings. The molecule has 0 unspecified atom stereocenters. The fourth-order valence-electron chi connectivity index (χ4n) is 4.10. The molecule has 1 amide bonds. The number of nitrogens with one attached hydrogen (secondary N) is 1. The highest BCUT2D eigenvalue weighted by Gasteiger charge is 2.17. The van der Waals surface area contributed by atoms with E-state index in [0.717, 1.165) is 48.3 Å². The summed E-state index contributed by atoms with van der Waals surface area (Å²) in [4.78, 5) is 22.7. The van der Waals surface area contributed by atoms with Gasteiger partial charge in [-0.3, -0.25) is 4.79 Å². The van der Waals surface area contributed by atoms with Gasteiger partial charge in [0.2, 0.25) is 0 Å². The van der Waals surface area contributed by atoms with Crippen molar-refractivity contribution in [1.82, 2.24) is 9.88 Å². The number of aromatic nitrogens is 1. The molecule has 1 aliphatic rings. The molecule has 6 heteroatoms. The standard InChI is InChI=1S/C26H26N4O2/c1-18-5-10-23-21(16-18)22(17-24(28-23)25-4-3-15-32-25)26(31)27-19-6-8-20(9-7-19)30-13-11-29(2)12-14-30/h3-10,15-17H,11-14H2,1-2H3,(H,27,31). The molecule has 0 atom stereocenters. The van der Waals surface area contributed by atoms with Crippen LogP contribution in [0, 0.1) is 6.92 Å². The van der Waals surface area contributed by atoms with Gasteiger partial charge < -0.3 is 19.5 Å². The highest BCUT2D eigenvalue weighted by molar-refractivity contribution is 6.13. The number of carbonyl (C=O) groups is 1. The maximum atomic E-state index is 13.3. The van der Waals surface area contributed by atoms with Gasteiger partial charge in [0, 0.05) is 42.9 Å². The number of hydrogen-bond acceptors (Lipinski definition) is 5. The van der Waals surface area contributed by atoms with Crippen molar-refractivity contribution in [2.75, 3.05) is 43.4 Å². The summed E-state index contributed by atoms with van der Waals surface area (Å²) < 4.78 is 5.52. The molecule has 3 heterocycles. The number of benzene rings is 2. The van der Waals surface area contributed by atoms with Gasteiger partial charge in [-0.05, 0) is 68.6 Å². The van der Waals surface area contributed by atoms with E-state index in [1.165, 1.54) is 5.69 Å². The molecule has 6 nitrogen and oxygen atoms in total. The summed E-state index contributed by atoms with van der Waals surface area (Å²) in [6, 6.07) is 19.5. The zero-order valence-corrected chi connectivity index (χ0v) is 18.3. The first-order valence-electron chi connectivity index (χ1n) is 10.9. The van der Waals surface area contributed by atoms with Crippen molar-refractivity contribution in [2.45, 2.75) is 6.92 Å². The number of furan rings is 1. The van der Waals surface area contributed by atoms with E-state index in [1.807, 2.05) is 49.4 Å². The number of amides is 1. The Labute approximate surface area is 187 Å². The molecule has 4 aromatic rings. The number of piperazine rings is 1. The van der Waals surface area contributed by atoms with E-state index >= 15 is 0 Å². The lowest BCUT2D eigenvalue weighted by atomic mass is 10.0. The Morgan fingerprint density at radius 3 is 2.50 bits per heavy atom. The fraction of sp³-hybridized carbons (Fsp3) is 0.231. The third kappa shape index (κ3) is 4.09. The average Bonchev–Trinajstić information content (AvgIpc) is 3.34. The zero-order chi connectivity index (χ0) is 22.1. The van der Waals surface area contributed by atoms with Gasteiger partial charge in [-0.25, -0.2) is 4.98 Å². The Balaban J connectivity index is 1.42. The van der Waals surface area contributed by atoms with E-state index in [4.69, 9.17) is 9.40 Å². The lowest BCUT2D eigenvalue weighted by Crippen LogP contribution is -2.44. The van der Waals surface area contributed by atoms with Crippen LogP contribution >= 0.6 is 0 Å². The predicted octanol–water partition coefficient (Wildman–Crippen LogP) is 4.81. The molecular weight excluding hydrogens is 400 g/mol. The van der Waals surface area contributed by atoms with E-state index in [1.54, 1.807) is 12.3 Å². The molecule has 0 spiro atoms. The van der Waals surface area contributed by atoms with E-state index in [-0.39, 0.29) is 5.91 Å². The van der Waals surface area contributed by atoms with Gasteiger partial charge in [-0.15, -0.1) is 0 Å². The van der Waals surface area contributed by atoms with Crippen molar-refractivity contribution in [2.24, 2.45) is 0 Å². The van der Waals surface area contributed by atoms with Crippen molar-refractivity contribution in [3.63, 3.8) is 0 Å². The van der Waals surface area contributed by atoms with Crippen LogP contribution in [0.5, 0.6) is 0 Å². The molecule has 2 aromatic heterocycles. The Bertz CT molecular complexity index is 1240. The SMILES string of the molecule is Cc1ccc2nc(-c3ccco3)cc(C(=O)Nc3ccc(N4CCN(C)CC4)cc3)c2c1. The average molecular weight is 427 g/mol. The van der Waals surface area contributed by atoms with E-state index in [9.17, 15) is 4.79 Å².